The molecular weight excluding hydrogens is 452 g/mol. The molecule has 0 radical (unpaired) electrons. The number of nitrogens with zero attached hydrogens (tertiary/aromatic N) is 1. The monoisotopic (exact) mass is 480 g/mol. The van der Waals surface area contributed by atoms with Crippen molar-refractivity contribution in [3.63, 3.8) is 0 Å². The molecule has 0 spiro atoms. The summed E-state index contributed by atoms with van der Waals surface area (Å²) in [4.78, 5) is 52.9. The highest BCUT2D eigenvalue weighted by molar-refractivity contribution is 6.09. The van der Waals surface area contributed by atoms with Crippen LogP contribution in [0.15, 0.2) is 48.5 Å². The molecule has 4 rings (SSSR count). The number of carbonyl (C=O) groups excluding carboxylic acids is 3. The molecule has 2 heterocycles. The van der Waals surface area contributed by atoms with E-state index in [2.05, 4.69) is 5.32 Å². The molecule has 0 aliphatic carbocycles. The number of phenols is 1. The van der Waals surface area contributed by atoms with Crippen LogP contribution in [0.2, 0.25) is 0 Å². The first-order valence-electron chi connectivity index (χ1n) is 11.6. The lowest BCUT2D eigenvalue weighted by Crippen LogP contribution is -2.57. The second-order valence-corrected chi connectivity index (χ2v) is 9.04. The Balaban J connectivity index is 1.79. The molecular formula is C26H28N2O7. The first-order chi connectivity index (χ1) is 16.7. The SMILES string of the molecule is CCCCN1C(=O)C2C(c3ccc(C(=O)OC)cc3)NC(Cc3ccc(O)cc3)(C(=O)O)C2C1=O. The predicted molar refractivity (Wildman–Crippen MR) is 124 cm³/mol. The number of carboxylic acid groups (broad SMARTS) is 1. The molecule has 2 amide bonds. The molecule has 3 N–H and O–H groups in total. The molecule has 9 nitrogen and oxygen atoms in total. The van der Waals surface area contributed by atoms with Crippen LogP contribution in [0.4, 0.5) is 0 Å². The zero-order chi connectivity index (χ0) is 25.3. The Hall–Kier alpha value is -3.72. The van der Waals surface area contributed by atoms with Crippen LogP contribution in [0.25, 0.3) is 0 Å². The Labute approximate surface area is 202 Å². The van der Waals surface area contributed by atoms with Crippen LogP contribution in [0.5, 0.6) is 5.75 Å². The van der Waals surface area contributed by atoms with Crippen molar-refractivity contribution in [3.05, 3.63) is 65.2 Å². The maximum atomic E-state index is 13.5. The van der Waals surface area contributed by atoms with E-state index in [1.54, 1.807) is 36.4 Å². The Morgan fingerprint density at radius 2 is 1.71 bits per heavy atom. The van der Waals surface area contributed by atoms with E-state index in [-0.39, 0.29) is 18.7 Å². The van der Waals surface area contributed by atoms with Gasteiger partial charge in [-0.3, -0.25) is 24.6 Å². The van der Waals surface area contributed by atoms with E-state index in [0.717, 1.165) is 6.42 Å². The van der Waals surface area contributed by atoms with Crippen molar-refractivity contribution in [2.24, 2.45) is 11.8 Å². The van der Waals surface area contributed by atoms with Crippen molar-refractivity contribution in [1.29, 1.82) is 0 Å². The molecule has 2 saturated heterocycles. The van der Waals surface area contributed by atoms with E-state index < -0.39 is 47.2 Å². The molecule has 4 unspecified atom stereocenters. The van der Waals surface area contributed by atoms with Gasteiger partial charge in [0, 0.05) is 19.0 Å². The van der Waals surface area contributed by atoms with Gasteiger partial charge in [-0.05, 0) is 41.8 Å². The largest absolute Gasteiger partial charge is 0.508 e. The van der Waals surface area contributed by atoms with Crippen molar-refractivity contribution in [2.45, 2.75) is 37.8 Å². The summed E-state index contributed by atoms with van der Waals surface area (Å²) in [6.07, 6.45) is 1.35. The highest BCUT2D eigenvalue weighted by Gasteiger charge is 2.68. The summed E-state index contributed by atoms with van der Waals surface area (Å²) in [6, 6.07) is 11.8. The minimum atomic E-state index is -1.74. The Bertz CT molecular complexity index is 1150. The third kappa shape index (κ3) is 4.16. The fourth-order valence-corrected chi connectivity index (χ4v) is 5.20. The number of ether oxygens (including phenoxy) is 1. The number of benzene rings is 2. The van der Waals surface area contributed by atoms with Gasteiger partial charge in [-0.25, -0.2) is 4.79 Å². The third-order valence-electron chi connectivity index (χ3n) is 6.97. The number of aliphatic carboxylic acids is 1. The van der Waals surface area contributed by atoms with Gasteiger partial charge in [0.15, 0.2) is 0 Å². The van der Waals surface area contributed by atoms with E-state index >= 15 is 0 Å². The van der Waals surface area contributed by atoms with Gasteiger partial charge in [-0.15, -0.1) is 0 Å². The number of nitrogens with one attached hydrogen (secondary N) is 1. The molecule has 4 atom stereocenters. The summed E-state index contributed by atoms with van der Waals surface area (Å²) in [6.45, 7) is 2.19. The van der Waals surface area contributed by atoms with Gasteiger partial charge in [0.05, 0.1) is 24.5 Å². The molecule has 2 aliphatic heterocycles. The van der Waals surface area contributed by atoms with Crippen LogP contribution in [-0.4, -0.2) is 58.1 Å². The Morgan fingerprint density at radius 1 is 1.06 bits per heavy atom. The predicted octanol–water partition coefficient (Wildman–Crippen LogP) is 2.29. The van der Waals surface area contributed by atoms with E-state index in [0.29, 0.717) is 23.1 Å². The fourth-order valence-electron chi connectivity index (χ4n) is 5.20. The summed E-state index contributed by atoms with van der Waals surface area (Å²) in [7, 11) is 1.28. The number of rotatable bonds is 8. The maximum absolute atomic E-state index is 13.5. The number of imide groups is 1. The normalized spacial score (nSPS) is 25.5. The van der Waals surface area contributed by atoms with Crippen molar-refractivity contribution in [3.8, 4) is 5.75 Å². The third-order valence-corrected chi connectivity index (χ3v) is 6.97. The van der Waals surface area contributed by atoms with Crippen molar-refractivity contribution in [1.82, 2.24) is 10.2 Å². The number of methoxy groups -OCH3 is 1. The summed E-state index contributed by atoms with van der Waals surface area (Å²) in [5, 5.41) is 23.2. The van der Waals surface area contributed by atoms with Crippen molar-refractivity contribution in [2.75, 3.05) is 13.7 Å². The first kappa shape index (κ1) is 24.4. The van der Waals surface area contributed by atoms with Crippen LogP contribution < -0.4 is 5.32 Å². The van der Waals surface area contributed by atoms with Crippen LogP contribution in [-0.2, 0) is 25.5 Å². The van der Waals surface area contributed by atoms with Gasteiger partial charge in [0.1, 0.15) is 11.3 Å². The molecule has 2 aliphatic rings. The number of amides is 2. The average Bonchev–Trinajstić information content (AvgIpc) is 3.33. The lowest BCUT2D eigenvalue weighted by molar-refractivity contribution is -0.151. The lowest BCUT2D eigenvalue weighted by Gasteiger charge is -2.31. The molecule has 184 valence electrons. The fraction of sp³-hybridized carbons (Fsp3) is 0.385. The lowest BCUT2D eigenvalue weighted by atomic mass is 9.76. The number of carboxylic acids is 1. The van der Waals surface area contributed by atoms with Gasteiger partial charge < -0.3 is 14.9 Å². The van der Waals surface area contributed by atoms with Crippen LogP contribution in [0.3, 0.4) is 0 Å². The minimum absolute atomic E-state index is 0.0387. The average molecular weight is 481 g/mol. The highest BCUT2D eigenvalue weighted by Crippen LogP contribution is 2.50. The van der Waals surface area contributed by atoms with Gasteiger partial charge in [0.2, 0.25) is 11.8 Å². The van der Waals surface area contributed by atoms with Gasteiger partial charge in [0.25, 0.3) is 0 Å². The zero-order valence-electron chi connectivity index (χ0n) is 19.6. The quantitative estimate of drug-likeness (QED) is 0.387. The number of hydrogen-bond donors (Lipinski definition) is 3. The van der Waals surface area contributed by atoms with Crippen molar-refractivity contribution < 1.29 is 34.1 Å². The van der Waals surface area contributed by atoms with E-state index in [4.69, 9.17) is 4.74 Å². The highest BCUT2D eigenvalue weighted by atomic mass is 16.5. The molecule has 2 aromatic rings. The Morgan fingerprint density at radius 3 is 2.29 bits per heavy atom. The van der Waals surface area contributed by atoms with Gasteiger partial charge >= 0.3 is 11.9 Å². The summed E-state index contributed by atoms with van der Waals surface area (Å²) >= 11 is 0. The number of phenolic OH excluding ortho intramolecular Hbond substituents is 1. The topological polar surface area (TPSA) is 133 Å². The molecule has 35 heavy (non-hydrogen) atoms. The molecule has 0 aromatic heterocycles. The molecule has 2 fully saturated rings. The van der Waals surface area contributed by atoms with Gasteiger partial charge in [-0.2, -0.15) is 0 Å². The number of hydrogen-bond acceptors (Lipinski definition) is 7. The van der Waals surface area contributed by atoms with E-state index in [9.17, 15) is 29.4 Å². The number of unbranched alkanes of at least 4 members (excludes halogenated alkanes) is 1. The molecule has 0 bridgehead atoms. The smallest absolute Gasteiger partial charge is 0.337 e. The first-order valence-corrected chi connectivity index (χ1v) is 11.6. The number of fused-ring (bicyclic) bond motifs is 1. The van der Waals surface area contributed by atoms with Crippen LogP contribution >= 0.6 is 0 Å². The molecule has 0 saturated carbocycles. The summed E-state index contributed by atoms with van der Waals surface area (Å²) in [5.41, 5.74) is -0.218. The Kier molecular flexibility index (Phi) is 6.62. The summed E-state index contributed by atoms with van der Waals surface area (Å²) < 4.78 is 4.74. The van der Waals surface area contributed by atoms with Crippen LogP contribution in [0, 0.1) is 11.8 Å². The minimum Gasteiger partial charge on any atom is -0.508 e. The molecule has 9 heteroatoms. The maximum Gasteiger partial charge on any atom is 0.337 e. The van der Waals surface area contributed by atoms with E-state index in [1.165, 1.54) is 24.1 Å². The number of carbonyl (C=O) groups is 4. The molecule has 2 aromatic carbocycles. The second-order valence-electron chi connectivity index (χ2n) is 9.04. The van der Waals surface area contributed by atoms with Crippen LogP contribution in [0.1, 0.15) is 47.3 Å². The van der Waals surface area contributed by atoms with E-state index in [1.807, 2.05) is 6.92 Å². The zero-order valence-corrected chi connectivity index (χ0v) is 19.6. The van der Waals surface area contributed by atoms with Gasteiger partial charge in [-0.1, -0.05) is 37.6 Å². The number of esters is 1. The summed E-state index contributed by atoms with van der Waals surface area (Å²) in [5.74, 6) is -4.60. The number of likely N-dealkylation sites (tertiary alicyclic amines) is 1. The standard InChI is InChI=1S/C26H28N2O7/c1-3-4-13-28-22(30)19-20(23(28)31)26(25(33)34,14-15-5-11-18(29)12-6-15)27-21(19)16-7-9-17(10-8-16)24(32)35-2/h5-12,19-21,27,29H,3-4,13-14H2,1-2H3,(H,33,34). The second kappa shape index (κ2) is 9.50. The van der Waals surface area contributed by atoms with Crippen molar-refractivity contribution >= 4 is 23.8 Å². The number of aromatic hydroxyl groups is 1.